The van der Waals surface area contributed by atoms with Gasteiger partial charge in [0.25, 0.3) is 0 Å². The van der Waals surface area contributed by atoms with E-state index in [0.29, 0.717) is 17.3 Å². The second-order valence-corrected chi connectivity index (χ2v) is 5.66. The van der Waals surface area contributed by atoms with Crippen molar-refractivity contribution in [2.45, 2.75) is 6.92 Å². The summed E-state index contributed by atoms with van der Waals surface area (Å²) >= 11 is 0. The number of anilines is 1. The van der Waals surface area contributed by atoms with E-state index in [-0.39, 0.29) is 5.82 Å². The van der Waals surface area contributed by atoms with E-state index in [1.54, 1.807) is 6.07 Å². The Hall–Kier alpha value is -3.21. The van der Waals surface area contributed by atoms with Gasteiger partial charge in [0.15, 0.2) is 5.82 Å². The molecule has 0 atom stereocenters. The average molecular weight is 318 g/mol. The number of nitrogens with zero attached hydrogens (tertiary/aromatic N) is 2. The molecule has 0 fully saturated rings. The molecule has 5 heteroatoms. The van der Waals surface area contributed by atoms with Crippen LogP contribution in [0.5, 0.6) is 0 Å². The molecule has 118 valence electrons. The van der Waals surface area contributed by atoms with E-state index in [0.717, 1.165) is 27.8 Å². The molecule has 0 aliphatic rings. The van der Waals surface area contributed by atoms with Crippen LogP contribution < -0.4 is 5.73 Å². The van der Waals surface area contributed by atoms with Gasteiger partial charge in [-0.1, -0.05) is 42.5 Å². The first-order chi connectivity index (χ1) is 11.6. The van der Waals surface area contributed by atoms with Crippen LogP contribution >= 0.6 is 0 Å². The molecule has 4 rings (SSSR count). The smallest absolute Gasteiger partial charge is 0.163 e. The Morgan fingerprint density at radius 2 is 1.71 bits per heavy atom. The van der Waals surface area contributed by atoms with E-state index in [4.69, 9.17) is 5.73 Å². The molecule has 2 heterocycles. The minimum absolute atomic E-state index is 0.290. The van der Waals surface area contributed by atoms with E-state index in [1.807, 2.05) is 43.3 Å². The lowest BCUT2D eigenvalue weighted by atomic mass is 10.0. The van der Waals surface area contributed by atoms with Crippen molar-refractivity contribution in [1.29, 1.82) is 0 Å². The van der Waals surface area contributed by atoms with Gasteiger partial charge in [-0.05, 0) is 24.6 Å². The quantitative estimate of drug-likeness (QED) is 0.578. The number of nitrogens with two attached hydrogens (primary N) is 1. The monoisotopic (exact) mass is 318 g/mol. The molecule has 3 N–H and O–H groups in total. The van der Waals surface area contributed by atoms with Crippen molar-refractivity contribution in [3.63, 3.8) is 0 Å². The Labute approximate surface area is 138 Å². The van der Waals surface area contributed by atoms with Crippen LogP contribution in [-0.4, -0.2) is 15.0 Å². The molecule has 4 aromatic rings. The second kappa shape index (κ2) is 5.45. The predicted octanol–water partition coefficient (Wildman–Crippen LogP) is 4.32. The minimum atomic E-state index is -0.290. The molecule has 0 radical (unpaired) electrons. The Kier molecular flexibility index (Phi) is 3.27. The molecule has 2 aromatic heterocycles. The van der Waals surface area contributed by atoms with Crippen LogP contribution in [0.2, 0.25) is 0 Å². The summed E-state index contributed by atoms with van der Waals surface area (Å²) in [6.45, 7) is 1.92. The number of hydrogen-bond donors (Lipinski definition) is 2. The lowest BCUT2D eigenvalue weighted by molar-refractivity contribution is 0.628. The lowest BCUT2D eigenvalue weighted by Gasteiger charge is -2.05. The van der Waals surface area contributed by atoms with Crippen molar-refractivity contribution in [2.24, 2.45) is 0 Å². The third-order valence-corrected chi connectivity index (χ3v) is 4.01. The molecule has 4 nitrogen and oxygen atoms in total. The fourth-order valence-electron chi connectivity index (χ4n) is 2.96. The number of aromatic nitrogens is 3. The summed E-state index contributed by atoms with van der Waals surface area (Å²) < 4.78 is 13.6. The van der Waals surface area contributed by atoms with E-state index >= 15 is 0 Å². The summed E-state index contributed by atoms with van der Waals surface area (Å²) in [5.41, 5.74) is 10.2. The first kappa shape index (κ1) is 14.4. The Bertz CT molecular complexity index is 1040. The first-order valence-corrected chi connectivity index (χ1v) is 7.60. The third-order valence-electron chi connectivity index (χ3n) is 4.01. The van der Waals surface area contributed by atoms with Gasteiger partial charge >= 0.3 is 0 Å². The number of aryl methyl sites for hydroxylation is 1. The van der Waals surface area contributed by atoms with Crippen LogP contribution in [0.3, 0.4) is 0 Å². The van der Waals surface area contributed by atoms with Crippen LogP contribution in [-0.2, 0) is 0 Å². The Morgan fingerprint density at radius 3 is 2.46 bits per heavy atom. The number of halogens is 1. The molecule has 0 aliphatic heterocycles. The molecule has 24 heavy (non-hydrogen) atoms. The zero-order chi connectivity index (χ0) is 16.7. The van der Waals surface area contributed by atoms with Crippen LogP contribution in [0, 0.1) is 12.7 Å². The highest BCUT2D eigenvalue weighted by Gasteiger charge is 2.17. The van der Waals surface area contributed by atoms with E-state index in [2.05, 4.69) is 15.0 Å². The highest BCUT2D eigenvalue weighted by atomic mass is 19.1. The van der Waals surface area contributed by atoms with Crippen molar-refractivity contribution >= 4 is 16.9 Å². The number of nitrogen functional groups attached to an aromatic ring is 1. The number of aromatic amines is 1. The molecular weight excluding hydrogens is 303 g/mol. The van der Waals surface area contributed by atoms with Gasteiger partial charge in [-0.15, -0.1) is 0 Å². The predicted molar refractivity (Wildman–Crippen MR) is 93.9 cm³/mol. The highest BCUT2D eigenvalue weighted by Crippen LogP contribution is 2.35. The lowest BCUT2D eigenvalue weighted by Crippen LogP contribution is -1.97. The third kappa shape index (κ3) is 2.31. The SMILES string of the molecule is Cc1[nH]c2nc(-c3ccccc3)nc(N)c2c1-c1cccc(F)c1. The molecule has 0 aliphatic carbocycles. The van der Waals surface area contributed by atoms with Crippen LogP contribution in [0.15, 0.2) is 54.6 Å². The van der Waals surface area contributed by atoms with Crippen molar-refractivity contribution in [3.8, 4) is 22.5 Å². The van der Waals surface area contributed by atoms with Gasteiger partial charge < -0.3 is 10.7 Å². The molecule has 0 saturated carbocycles. The van der Waals surface area contributed by atoms with Crippen LogP contribution in [0.1, 0.15) is 5.69 Å². The molecule has 0 bridgehead atoms. The summed E-state index contributed by atoms with van der Waals surface area (Å²) in [7, 11) is 0. The maximum atomic E-state index is 13.6. The number of fused-ring (bicyclic) bond motifs is 1. The molecule has 0 spiro atoms. The van der Waals surface area contributed by atoms with Crippen molar-refractivity contribution in [3.05, 3.63) is 66.1 Å². The van der Waals surface area contributed by atoms with Gasteiger partial charge in [0.05, 0.1) is 5.39 Å². The van der Waals surface area contributed by atoms with E-state index in [9.17, 15) is 4.39 Å². The number of rotatable bonds is 2. The second-order valence-electron chi connectivity index (χ2n) is 5.66. The Morgan fingerprint density at radius 1 is 0.958 bits per heavy atom. The Balaban J connectivity index is 1.97. The summed E-state index contributed by atoms with van der Waals surface area (Å²) in [5, 5.41) is 0.720. The number of nitrogens with one attached hydrogen (secondary N) is 1. The van der Waals surface area contributed by atoms with Gasteiger partial charge in [0.1, 0.15) is 17.3 Å². The van der Waals surface area contributed by atoms with Crippen LogP contribution in [0.4, 0.5) is 10.2 Å². The summed E-state index contributed by atoms with van der Waals surface area (Å²) in [6, 6.07) is 16.1. The standard InChI is InChI=1S/C19H15FN4/c1-11-15(13-8-5-9-14(20)10-13)16-17(21)23-18(24-19(16)22-11)12-6-3-2-4-7-12/h2-10H,1H3,(H3,21,22,23,24). The topological polar surface area (TPSA) is 67.6 Å². The van der Waals surface area contributed by atoms with Gasteiger partial charge in [-0.2, -0.15) is 0 Å². The zero-order valence-electron chi connectivity index (χ0n) is 13.0. The van der Waals surface area contributed by atoms with Gasteiger partial charge in [-0.25, -0.2) is 14.4 Å². The van der Waals surface area contributed by atoms with Crippen LogP contribution in [0.25, 0.3) is 33.5 Å². The number of benzene rings is 2. The van der Waals surface area contributed by atoms with Gasteiger partial charge in [0, 0.05) is 16.8 Å². The largest absolute Gasteiger partial charge is 0.383 e. The van der Waals surface area contributed by atoms with Crippen molar-refractivity contribution in [1.82, 2.24) is 15.0 Å². The first-order valence-electron chi connectivity index (χ1n) is 7.60. The fraction of sp³-hybridized carbons (Fsp3) is 0.0526. The maximum absolute atomic E-state index is 13.6. The molecule has 0 saturated heterocycles. The zero-order valence-corrected chi connectivity index (χ0v) is 13.0. The fourth-order valence-corrected chi connectivity index (χ4v) is 2.96. The van der Waals surface area contributed by atoms with E-state index in [1.165, 1.54) is 12.1 Å². The van der Waals surface area contributed by atoms with Crippen molar-refractivity contribution in [2.75, 3.05) is 5.73 Å². The van der Waals surface area contributed by atoms with Gasteiger partial charge in [-0.3, -0.25) is 0 Å². The molecule has 0 unspecified atom stereocenters. The highest BCUT2D eigenvalue weighted by molar-refractivity contribution is 6.02. The number of hydrogen-bond acceptors (Lipinski definition) is 3. The molecular formula is C19H15FN4. The maximum Gasteiger partial charge on any atom is 0.163 e. The van der Waals surface area contributed by atoms with E-state index < -0.39 is 0 Å². The number of H-pyrrole nitrogens is 1. The minimum Gasteiger partial charge on any atom is -0.383 e. The summed E-state index contributed by atoms with van der Waals surface area (Å²) in [6.07, 6.45) is 0. The van der Waals surface area contributed by atoms with Gasteiger partial charge in [0.2, 0.25) is 0 Å². The molecule has 0 amide bonds. The summed E-state index contributed by atoms with van der Waals surface area (Å²) in [4.78, 5) is 12.3. The summed E-state index contributed by atoms with van der Waals surface area (Å²) in [5.74, 6) is 0.650. The normalized spacial score (nSPS) is 11.1. The van der Waals surface area contributed by atoms with Crippen molar-refractivity contribution < 1.29 is 4.39 Å². The molecule has 2 aromatic carbocycles. The average Bonchev–Trinajstić information content (AvgIpc) is 2.92.